The second-order valence-electron chi connectivity index (χ2n) is 5.67. The third kappa shape index (κ3) is 3.05. The lowest BCUT2D eigenvalue weighted by Crippen LogP contribution is -2.40. The Balaban J connectivity index is 2.38. The first-order chi connectivity index (χ1) is 9.71. The number of nitrogens with zero attached hydrogens (tertiary/aromatic N) is 3. The number of anilines is 2. The van der Waals surface area contributed by atoms with Crippen molar-refractivity contribution in [2.75, 3.05) is 23.8 Å². The van der Waals surface area contributed by atoms with E-state index in [0.29, 0.717) is 6.04 Å². The maximum absolute atomic E-state index is 4.83. The Hall–Kier alpha value is -1.32. The quantitative estimate of drug-likeness (QED) is 0.893. The first-order valence-electron chi connectivity index (χ1n) is 8.03. The van der Waals surface area contributed by atoms with Crippen LogP contribution >= 0.6 is 0 Å². The Morgan fingerprint density at radius 1 is 1.25 bits per heavy atom. The number of hydrogen-bond donors (Lipinski definition) is 1. The van der Waals surface area contributed by atoms with E-state index in [9.17, 15) is 0 Å². The van der Waals surface area contributed by atoms with Gasteiger partial charge in [-0.3, -0.25) is 0 Å². The molecule has 112 valence electrons. The summed E-state index contributed by atoms with van der Waals surface area (Å²) in [7, 11) is 1.94. The molecular weight excluding hydrogens is 248 g/mol. The number of nitrogens with one attached hydrogen (secondary N) is 1. The van der Waals surface area contributed by atoms with E-state index in [-0.39, 0.29) is 0 Å². The second kappa shape index (κ2) is 6.91. The molecule has 1 aromatic heterocycles. The fourth-order valence-electron chi connectivity index (χ4n) is 3.14. The first-order valence-corrected chi connectivity index (χ1v) is 8.03. The van der Waals surface area contributed by atoms with Gasteiger partial charge in [0.25, 0.3) is 0 Å². The number of rotatable bonds is 5. The normalized spacial score (nSPS) is 19.2. The molecule has 0 aliphatic carbocycles. The molecule has 0 aromatic carbocycles. The van der Waals surface area contributed by atoms with Crippen LogP contribution in [0.1, 0.15) is 57.3 Å². The van der Waals surface area contributed by atoms with Gasteiger partial charge in [-0.15, -0.1) is 0 Å². The highest BCUT2D eigenvalue weighted by Gasteiger charge is 2.25. The van der Waals surface area contributed by atoms with Crippen molar-refractivity contribution in [1.29, 1.82) is 0 Å². The topological polar surface area (TPSA) is 41.1 Å². The molecule has 20 heavy (non-hydrogen) atoms. The van der Waals surface area contributed by atoms with Gasteiger partial charge < -0.3 is 10.2 Å². The lowest BCUT2D eigenvalue weighted by molar-refractivity contribution is 0.430. The van der Waals surface area contributed by atoms with Crippen LogP contribution in [-0.2, 0) is 6.42 Å². The van der Waals surface area contributed by atoms with Crippen LogP contribution in [0.4, 0.5) is 11.6 Å². The van der Waals surface area contributed by atoms with Gasteiger partial charge in [-0.2, -0.15) is 0 Å². The minimum atomic E-state index is 0.650. The zero-order valence-corrected chi connectivity index (χ0v) is 13.4. The monoisotopic (exact) mass is 276 g/mol. The second-order valence-corrected chi connectivity index (χ2v) is 5.67. The van der Waals surface area contributed by atoms with E-state index < -0.39 is 0 Å². The highest BCUT2D eigenvalue weighted by atomic mass is 15.2. The van der Waals surface area contributed by atoms with Crippen LogP contribution in [0.5, 0.6) is 0 Å². The van der Waals surface area contributed by atoms with Crippen molar-refractivity contribution in [1.82, 2.24) is 9.97 Å². The van der Waals surface area contributed by atoms with Crippen LogP contribution in [0.3, 0.4) is 0 Å². The highest BCUT2D eigenvalue weighted by molar-refractivity contribution is 5.59. The van der Waals surface area contributed by atoms with Crippen LogP contribution in [0.15, 0.2) is 0 Å². The van der Waals surface area contributed by atoms with Gasteiger partial charge in [0, 0.05) is 31.6 Å². The van der Waals surface area contributed by atoms with E-state index in [1.54, 1.807) is 0 Å². The van der Waals surface area contributed by atoms with Gasteiger partial charge in [-0.1, -0.05) is 20.3 Å². The zero-order chi connectivity index (χ0) is 14.5. The first kappa shape index (κ1) is 15.1. The fourth-order valence-corrected chi connectivity index (χ4v) is 3.14. The molecule has 4 heteroatoms. The average molecular weight is 276 g/mol. The molecule has 1 aromatic rings. The molecule has 1 aliphatic rings. The molecule has 0 radical (unpaired) electrons. The SMILES string of the molecule is CCCC1CCCCN1c1nc(CC)nc(NC)c1C. The van der Waals surface area contributed by atoms with Gasteiger partial charge in [0.2, 0.25) is 0 Å². The summed E-state index contributed by atoms with van der Waals surface area (Å²) in [5.74, 6) is 3.07. The van der Waals surface area contributed by atoms with E-state index in [2.05, 4.69) is 36.0 Å². The Kier molecular flexibility index (Phi) is 5.21. The summed E-state index contributed by atoms with van der Waals surface area (Å²) in [5, 5.41) is 3.22. The summed E-state index contributed by atoms with van der Waals surface area (Å²) in [6, 6.07) is 0.650. The van der Waals surface area contributed by atoms with E-state index in [1.165, 1.54) is 37.7 Å². The summed E-state index contributed by atoms with van der Waals surface area (Å²) < 4.78 is 0. The van der Waals surface area contributed by atoms with E-state index in [4.69, 9.17) is 4.98 Å². The minimum absolute atomic E-state index is 0.650. The fraction of sp³-hybridized carbons (Fsp3) is 0.750. The standard InChI is InChI=1S/C16H28N4/c1-5-9-13-10-7-8-11-20(13)16-12(3)15(17-4)18-14(6-2)19-16/h13H,5-11H2,1-4H3,(H,17,18,19). The van der Waals surface area contributed by atoms with Crippen molar-refractivity contribution >= 4 is 11.6 Å². The Labute approximate surface area is 123 Å². The average Bonchev–Trinajstić information content (AvgIpc) is 2.49. The largest absolute Gasteiger partial charge is 0.373 e. The van der Waals surface area contributed by atoms with Gasteiger partial charge in [-0.05, 0) is 32.6 Å². The van der Waals surface area contributed by atoms with Crippen molar-refractivity contribution in [3.05, 3.63) is 11.4 Å². The molecule has 2 heterocycles. The van der Waals surface area contributed by atoms with Gasteiger partial charge in [0.15, 0.2) is 0 Å². The van der Waals surface area contributed by atoms with E-state index in [0.717, 1.165) is 30.4 Å². The molecule has 2 rings (SSSR count). The molecule has 1 N–H and O–H groups in total. The predicted octanol–water partition coefficient (Wildman–Crippen LogP) is 3.55. The number of aryl methyl sites for hydroxylation is 1. The molecule has 0 spiro atoms. The molecule has 1 saturated heterocycles. The van der Waals surface area contributed by atoms with Crippen LogP contribution in [0, 0.1) is 6.92 Å². The lowest BCUT2D eigenvalue weighted by Gasteiger charge is -2.37. The molecule has 1 fully saturated rings. The smallest absolute Gasteiger partial charge is 0.137 e. The van der Waals surface area contributed by atoms with Crippen molar-refractivity contribution in [3.63, 3.8) is 0 Å². The maximum Gasteiger partial charge on any atom is 0.137 e. The van der Waals surface area contributed by atoms with Crippen molar-refractivity contribution < 1.29 is 0 Å². The van der Waals surface area contributed by atoms with Crippen LogP contribution in [-0.4, -0.2) is 29.6 Å². The molecule has 1 aliphatic heterocycles. The molecule has 1 unspecified atom stereocenters. The number of aromatic nitrogens is 2. The third-order valence-corrected chi connectivity index (χ3v) is 4.24. The van der Waals surface area contributed by atoms with Crippen LogP contribution in [0.2, 0.25) is 0 Å². The Morgan fingerprint density at radius 3 is 2.70 bits per heavy atom. The van der Waals surface area contributed by atoms with E-state index in [1.807, 2.05) is 7.05 Å². The summed E-state index contributed by atoms with van der Waals surface area (Å²) in [4.78, 5) is 11.9. The van der Waals surface area contributed by atoms with Gasteiger partial charge in [0.1, 0.15) is 17.5 Å². The minimum Gasteiger partial charge on any atom is -0.373 e. The van der Waals surface area contributed by atoms with Crippen molar-refractivity contribution in [2.24, 2.45) is 0 Å². The summed E-state index contributed by atoms with van der Waals surface area (Å²) in [5.41, 5.74) is 1.19. The molecule has 1 atom stereocenters. The van der Waals surface area contributed by atoms with Gasteiger partial charge >= 0.3 is 0 Å². The molecular formula is C16H28N4. The van der Waals surface area contributed by atoms with Gasteiger partial charge in [0.05, 0.1) is 0 Å². The van der Waals surface area contributed by atoms with Crippen LogP contribution < -0.4 is 10.2 Å². The summed E-state index contributed by atoms with van der Waals surface area (Å²) in [6.45, 7) is 7.66. The number of piperidine rings is 1. The Bertz CT molecular complexity index is 442. The highest BCUT2D eigenvalue weighted by Crippen LogP contribution is 2.30. The van der Waals surface area contributed by atoms with Crippen molar-refractivity contribution in [3.8, 4) is 0 Å². The third-order valence-electron chi connectivity index (χ3n) is 4.24. The van der Waals surface area contributed by atoms with Gasteiger partial charge in [-0.25, -0.2) is 9.97 Å². The Morgan fingerprint density at radius 2 is 2.05 bits per heavy atom. The summed E-state index contributed by atoms with van der Waals surface area (Å²) in [6.07, 6.45) is 7.32. The predicted molar refractivity (Wildman–Crippen MR) is 85.6 cm³/mol. The number of hydrogen-bond acceptors (Lipinski definition) is 4. The zero-order valence-electron chi connectivity index (χ0n) is 13.4. The molecule has 4 nitrogen and oxygen atoms in total. The van der Waals surface area contributed by atoms with Crippen molar-refractivity contribution in [2.45, 2.75) is 65.3 Å². The maximum atomic E-state index is 4.83. The summed E-state index contributed by atoms with van der Waals surface area (Å²) >= 11 is 0. The molecule has 0 saturated carbocycles. The molecule has 0 bridgehead atoms. The van der Waals surface area contributed by atoms with Crippen LogP contribution in [0.25, 0.3) is 0 Å². The lowest BCUT2D eigenvalue weighted by atomic mass is 9.98. The molecule has 0 amide bonds. The van der Waals surface area contributed by atoms with E-state index >= 15 is 0 Å².